The van der Waals surface area contributed by atoms with Crippen LogP contribution in [0.25, 0.3) is 11.0 Å². The Bertz CT molecular complexity index is 568. The van der Waals surface area contributed by atoms with E-state index in [1.165, 1.54) is 0 Å². The second-order valence-electron chi connectivity index (χ2n) is 4.93. The number of nitrogens with one attached hydrogen (secondary N) is 1. The second-order valence-corrected chi connectivity index (χ2v) is 4.93. The molecule has 1 aromatic heterocycles. The summed E-state index contributed by atoms with van der Waals surface area (Å²) in [6.07, 6.45) is 3.84. The standard InChI is InChI=1S/C16H20N2O2/c1-12(2)16(19)20-11-7-3-4-10-15-17-13-8-5-6-9-14(13)18-15/h5-6,8-9H,1,3-4,7,10-11H2,2H3,(H,17,18). The molecule has 1 heterocycles. The number of aromatic amines is 1. The van der Waals surface area contributed by atoms with Crippen LogP contribution in [0, 0.1) is 0 Å². The summed E-state index contributed by atoms with van der Waals surface area (Å²) < 4.78 is 5.04. The van der Waals surface area contributed by atoms with Crippen molar-refractivity contribution in [1.29, 1.82) is 0 Å². The van der Waals surface area contributed by atoms with E-state index >= 15 is 0 Å². The Labute approximate surface area is 118 Å². The van der Waals surface area contributed by atoms with Crippen LogP contribution in [0.15, 0.2) is 36.4 Å². The summed E-state index contributed by atoms with van der Waals surface area (Å²) in [6.45, 7) is 5.66. The molecule has 0 aliphatic carbocycles. The predicted molar refractivity (Wildman–Crippen MR) is 79.4 cm³/mol. The van der Waals surface area contributed by atoms with E-state index in [4.69, 9.17) is 4.74 Å². The Hall–Kier alpha value is -2.10. The molecule has 2 aromatic rings. The number of aromatic nitrogens is 2. The van der Waals surface area contributed by atoms with E-state index in [2.05, 4.69) is 16.5 Å². The first-order chi connectivity index (χ1) is 9.66. The van der Waals surface area contributed by atoms with Gasteiger partial charge in [0.15, 0.2) is 0 Å². The number of fused-ring (bicyclic) bond motifs is 1. The largest absolute Gasteiger partial charge is 0.462 e. The lowest BCUT2D eigenvalue weighted by molar-refractivity contribution is -0.139. The fourth-order valence-corrected chi connectivity index (χ4v) is 1.98. The first-order valence-corrected chi connectivity index (χ1v) is 6.93. The minimum absolute atomic E-state index is 0.303. The summed E-state index contributed by atoms with van der Waals surface area (Å²) in [7, 11) is 0. The predicted octanol–water partition coefficient (Wildman–Crippen LogP) is 3.40. The molecular weight excluding hydrogens is 252 g/mol. The van der Waals surface area contributed by atoms with E-state index in [9.17, 15) is 4.79 Å². The summed E-state index contributed by atoms with van der Waals surface area (Å²) in [4.78, 5) is 19.0. The van der Waals surface area contributed by atoms with E-state index in [1.54, 1.807) is 6.92 Å². The van der Waals surface area contributed by atoms with E-state index in [0.29, 0.717) is 12.2 Å². The fourth-order valence-electron chi connectivity index (χ4n) is 1.98. The Morgan fingerprint density at radius 3 is 2.85 bits per heavy atom. The molecule has 20 heavy (non-hydrogen) atoms. The van der Waals surface area contributed by atoms with Crippen molar-refractivity contribution in [3.05, 3.63) is 42.2 Å². The molecule has 0 fully saturated rings. The number of hydrogen-bond acceptors (Lipinski definition) is 3. The maximum Gasteiger partial charge on any atom is 0.333 e. The van der Waals surface area contributed by atoms with Crippen molar-refractivity contribution in [3.8, 4) is 0 Å². The van der Waals surface area contributed by atoms with Gasteiger partial charge in [0.2, 0.25) is 0 Å². The quantitative estimate of drug-likeness (QED) is 0.477. The average molecular weight is 272 g/mol. The number of carbonyl (C=O) groups excluding carboxylic acids is 1. The van der Waals surface area contributed by atoms with Gasteiger partial charge in [-0.05, 0) is 38.3 Å². The molecule has 0 bridgehead atoms. The molecule has 4 heteroatoms. The topological polar surface area (TPSA) is 55.0 Å². The number of carbonyl (C=O) groups is 1. The number of imidazole rings is 1. The minimum Gasteiger partial charge on any atom is -0.462 e. The molecule has 0 aliphatic heterocycles. The third-order valence-corrected chi connectivity index (χ3v) is 3.08. The Balaban J connectivity index is 1.66. The van der Waals surface area contributed by atoms with Gasteiger partial charge in [0.25, 0.3) is 0 Å². The van der Waals surface area contributed by atoms with E-state index in [0.717, 1.165) is 42.5 Å². The second kappa shape index (κ2) is 6.89. The van der Waals surface area contributed by atoms with Crippen LogP contribution in [0.3, 0.4) is 0 Å². The third-order valence-electron chi connectivity index (χ3n) is 3.08. The van der Waals surface area contributed by atoms with Crippen molar-refractivity contribution in [2.24, 2.45) is 0 Å². The van der Waals surface area contributed by atoms with Gasteiger partial charge in [-0.15, -0.1) is 0 Å². The lowest BCUT2D eigenvalue weighted by Gasteiger charge is -2.03. The van der Waals surface area contributed by atoms with Crippen LogP contribution in [0.1, 0.15) is 32.0 Å². The maximum absolute atomic E-state index is 11.2. The summed E-state index contributed by atoms with van der Waals surface area (Å²) >= 11 is 0. The number of nitrogens with zero attached hydrogens (tertiary/aromatic N) is 1. The molecule has 1 aromatic carbocycles. The highest BCUT2D eigenvalue weighted by molar-refractivity contribution is 5.86. The van der Waals surface area contributed by atoms with Crippen molar-refractivity contribution in [2.45, 2.75) is 32.6 Å². The number of benzene rings is 1. The molecule has 0 atom stereocenters. The third kappa shape index (κ3) is 3.95. The number of rotatable bonds is 7. The number of esters is 1. The number of unbranched alkanes of at least 4 members (excludes halogenated alkanes) is 2. The summed E-state index contributed by atoms with van der Waals surface area (Å²) in [6, 6.07) is 8.03. The molecule has 0 aliphatic rings. The van der Waals surface area contributed by atoms with Crippen molar-refractivity contribution in [1.82, 2.24) is 9.97 Å². The van der Waals surface area contributed by atoms with E-state index in [-0.39, 0.29) is 5.97 Å². The number of ether oxygens (including phenoxy) is 1. The molecule has 0 spiro atoms. The minimum atomic E-state index is -0.303. The van der Waals surface area contributed by atoms with Gasteiger partial charge in [-0.1, -0.05) is 18.7 Å². The van der Waals surface area contributed by atoms with Crippen LogP contribution < -0.4 is 0 Å². The highest BCUT2D eigenvalue weighted by Crippen LogP contribution is 2.12. The van der Waals surface area contributed by atoms with Gasteiger partial charge in [0.1, 0.15) is 5.82 Å². The Morgan fingerprint density at radius 1 is 1.30 bits per heavy atom. The molecule has 2 rings (SSSR count). The average Bonchev–Trinajstić information content (AvgIpc) is 2.84. The zero-order valence-corrected chi connectivity index (χ0v) is 11.8. The molecular formula is C16H20N2O2. The van der Waals surface area contributed by atoms with Crippen molar-refractivity contribution >= 4 is 17.0 Å². The zero-order chi connectivity index (χ0) is 14.4. The zero-order valence-electron chi connectivity index (χ0n) is 11.8. The monoisotopic (exact) mass is 272 g/mol. The van der Waals surface area contributed by atoms with Gasteiger partial charge >= 0.3 is 5.97 Å². The number of aryl methyl sites for hydroxylation is 1. The lowest BCUT2D eigenvalue weighted by Crippen LogP contribution is -2.06. The van der Waals surface area contributed by atoms with Crippen molar-refractivity contribution in [3.63, 3.8) is 0 Å². The summed E-state index contributed by atoms with van der Waals surface area (Å²) in [5, 5.41) is 0. The molecule has 4 nitrogen and oxygen atoms in total. The normalized spacial score (nSPS) is 10.7. The molecule has 0 unspecified atom stereocenters. The van der Waals surface area contributed by atoms with Crippen LogP contribution in [0.2, 0.25) is 0 Å². The SMILES string of the molecule is C=C(C)C(=O)OCCCCCc1nc2ccccc2[nH]1. The van der Waals surface area contributed by atoms with Gasteiger partial charge in [-0.25, -0.2) is 9.78 Å². The first-order valence-electron chi connectivity index (χ1n) is 6.93. The summed E-state index contributed by atoms with van der Waals surface area (Å²) in [5.41, 5.74) is 2.54. The maximum atomic E-state index is 11.2. The van der Waals surface area contributed by atoms with Crippen molar-refractivity contribution in [2.75, 3.05) is 6.61 Å². The molecule has 1 N–H and O–H groups in total. The summed E-state index contributed by atoms with van der Waals surface area (Å²) in [5.74, 6) is 0.715. The molecule has 0 saturated heterocycles. The van der Waals surface area contributed by atoms with E-state index < -0.39 is 0 Å². The van der Waals surface area contributed by atoms with Crippen LogP contribution in [-0.2, 0) is 16.0 Å². The van der Waals surface area contributed by atoms with Crippen molar-refractivity contribution < 1.29 is 9.53 Å². The Kier molecular flexibility index (Phi) is 4.93. The Morgan fingerprint density at radius 2 is 2.10 bits per heavy atom. The van der Waals surface area contributed by atoms with Crippen LogP contribution >= 0.6 is 0 Å². The molecule has 0 saturated carbocycles. The van der Waals surface area contributed by atoms with Crippen LogP contribution in [0.5, 0.6) is 0 Å². The van der Waals surface area contributed by atoms with Crippen LogP contribution in [-0.4, -0.2) is 22.5 Å². The van der Waals surface area contributed by atoms with E-state index in [1.807, 2.05) is 24.3 Å². The van der Waals surface area contributed by atoms with Gasteiger partial charge < -0.3 is 9.72 Å². The van der Waals surface area contributed by atoms with Gasteiger partial charge in [-0.3, -0.25) is 0 Å². The van der Waals surface area contributed by atoms with Gasteiger partial charge in [0.05, 0.1) is 17.6 Å². The highest BCUT2D eigenvalue weighted by atomic mass is 16.5. The lowest BCUT2D eigenvalue weighted by atomic mass is 10.2. The molecule has 0 amide bonds. The number of hydrogen-bond donors (Lipinski definition) is 1. The fraction of sp³-hybridized carbons (Fsp3) is 0.375. The highest BCUT2D eigenvalue weighted by Gasteiger charge is 2.03. The number of H-pyrrole nitrogens is 1. The van der Waals surface area contributed by atoms with Crippen LogP contribution in [0.4, 0.5) is 0 Å². The first kappa shape index (κ1) is 14.3. The number of para-hydroxylation sites is 2. The van der Waals surface area contributed by atoms with Gasteiger partial charge in [0, 0.05) is 12.0 Å². The smallest absolute Gasteiger partial charge is 0.333 e. The van der Waals surface area contributed by atoms with Gasteiger partial charge in [-0.2, -0.15) is 0 Å². The molecule has 0 radical (unpaired) electrons. The molecule has 106 valence electrons.